The molecule has 0 radical (unpaired) electrons. The third kappa shape index (κ3) is 4.65. The Morgan fingerprint density at radius 3 is 2.82 bits per heavy atom. The summed E-state index contributed by atoms with van der Waals surface area (Å²) < 4.78 is 5.39. The van der Waals surface area contributed by atoms with Crippen LogP contribution < -0.4 is 10.2 Å². The van der Waals surface area contributed by atoms with E-state index in [4.69, 9.17) is 4.74 Å². The first kappa shape index (κ1) is 19.8. The van der Waals surface area contributed by atoms with E-state index in [1.54, 1.807) is 7.11 Å². The van der Waals surface area contributed by atoms with Crippen molar-refractivity contribution >= 4 is 28.9 Å². The Morgan fingerprint density at radius 2 is 2.07 bits per heavy atom. The topological polar surface area (TPSA) is 107 Å². The van der Waals surface area contributed by atoms with Gasteiger partial charge in [0, 0.05) is 33.4 Å². The molecular formula is C20H21N3O4S. The Kier molecular flexibility index (Phi) is 6.23. The molecule has 0 aliphatic carbocycles. The number of thioether (sulfide) groups is 1. The number of phenols is 2. The SMILES string of the molecule is COc1cccc2c(SCC(O)N/N=C/c3ccc(O)cc3O)cc(C)nc12. The van der Waals surface area contributed by atoms with Crippen LogP contribution >= 0.6 is 11.8 Å². The van der Waals surface area contributed by atoms with Gasteiger partial charge in [0.15, 0.2) is 0 Å². The molecular weight excluding hydrogens is 378 g/mol. The summed E-state index contributed by atoms with van der Waals surface area (Å²) >= 11 is 1.48. The Bertz CT molecular complexity index is 1010. The molecule has 0 amide bonds. The zero-order valence-corrected chi connectivity index (χ0v) is 16.3. The van der Waals surface area contributed by atoms with Crippen LogP contribution in [0.2, 0.25) is 0 Å². The van der Waals surface area contributed by atoms with Crippen molar-refractivity contribution in [1.82, 2.24) is 10.4 Å². The zero-order valence-electron chi connectivity index (χ0n) is 15.5. The van der Waals surface area contributed by atoms with E-state index in [-0.39, 0.29) is 11.5 Å². The number of benzene rings is 2. The molecule has 0 fully saturated rings. The molecule has 4 N–H and O–H groups in total. The predicted octanol–water partition coefficient (Wildman–Crippen LogP) is 3.00. The number of aryl methyl sites for hydroxylation is 1. The van der Waals surface area contributed by atoms with Crippen LogP contribution in [-0.4, -0.2) is 45.6 Å². The summed E-state index contributed by atoms with van der Waals surface area (Å²) in [5.41, 5.74) is 4.69. The summed E-state index contributed by atoms with van der Waals surface area (Å²) in [4.78, 5) is 5.54. The lowest BCUT2D eigenvalue weighted by molar-refractivity contribution is 0.164. The molecule has 1 atom stereocenters. The zero-order chi connectivity index (χ0) is 20.1. The first-order valence-electron chi connectivity index (χ1n) is 8.53. The summed E-state index contributed by atoms with van der Waals surface area (Å²) in [6.07, 6.45) is 0.481. The molecule has 0 aliphatic heterocycles. The highest BCUT2D eigenvalue weighted by molar-refractivity contribution is 7.99. The van der Waals surface area contributed by atoms with E-state index in [1.807, 2.05) is 31.2 Å². The van der Waals surface area contributed by atoms with Crippen molar-refractivity contribution in [1.29, 1.82) is 0 Å². The van der Waals surface area contributed by atoms with Gasteiger partial charge in [0.2, 0.25) is 0 Å². The van der Waals surface area contributed by atoms with E-state index in [0.717, 1.165) is 21.5 Å². The van der Waals surface area contributed by atoms with Gasteiger partial charge >= 0.3 is 0 Å². The van der Waals surface area contributed by atoms with E-state index < -0.39 is 6.23 Å². The number of hydrogen-bond donors (Lipinski definition) is 4. The molecule has 0 bridgehead atoms. The monoisotopic (exact) mass is 399 g/mol. The molecule has 28 heavy (non-hydrogen) atoms. The van der Waals surface area contributed by atoms with Crippen LogP contribution in [-0.2, 0) is 0 Å². The third-order valence-electron chi connectivity index (χ3n) is 3.95. The number of nitrogens with zero attached hydrogens (tertiary/aromatic N) is 2. The predicted molar refractivity (Wildman–Crippen MR) is 110 cm³/mol. The van der Waals surface area contributed by atoms with Gasteiger partial charge in [-0.2, -0.15) is 5.10 Å². The third-order valence-corrected chi connectivity index (χ3v) is 5.08. The van der Waals surface area contributed by atoms with Crippen molar-refractivity contribution < 1.29 is 20.1 Å². The molecule has 0 aliphatic rings. The smallest absolute Gasteiger partial charge is 0.149 e. The second-order valence-corrected chi connectivity index (χ2v) is 7.14. The molecule has 2 aromatic carbocycles. The van der Waals surface area contributed by atoms with E-state index in [9.17, 15) is 15.3 Å². The maximum atomic E-state index is 10.2. The number of methoxy groups -OCH3 is 1. The van der Waals surface area contributed by atoms with Crippen LogP contribution in [0.25, 0.3) is 10.9 Å². The maximum Gasteiger partial charge on any atom is 0.149 e. The quantitative estimate of drug-likeness (QED) is 0.209. The van der Waals surface area contributed by atoms with Gasteiger partial charge in [-0.3, -0.25) is 5.43 Å². The number of hydrazone groups is 1. The van der Waals surface area contributed by atoms with Gasteiger partial charge in [0.25, 0.3) is 0 Å². The average molecular weight is 399 g/mol. The van der Waals surface area contributed by atoms with Gasteiger partial charge in [-0.25, -0.2) is 4.98 Å². The number of pyridine rings is 1. The van der Waals surface area contributed by atoms with E-state index in [2.05, 4.69) is 15.5 Å². The number of para-hydroxylation sites is 1. The number of aromatic hydroxyl groups is 2. The van der Waals surface area contributed by atoms with Crippen LogP contribution in [0.1, 0.15) is 11.3 Å². The van der Waals surface area contributed by atoms with Gasteiger partial charge in [-0.15, -0.1) is 11.8 Å². The van der Waals surface area contributed by atoms with Gasteiger partial charge in [0.1, 0.15) is 29.0 Å². The minimum absolute atomic E-state index is 0.0319. The molecule has 0 spiro atoms. The molecule has 0 saturated carbocycles. The standard InChI is InChI=1S/C20H21N3O4S/c1-12-8-18(15-4-3-5-17(27-2)20(15)22-12)28-11-19(26)23-21-10-13-6-7-14(24)9-16(13)25/h3-10,19,23-26H,11H2,1-2H3/b21-10+. The average Bonchev–Trinajstić information content (AvgIpc) is 2.67. The molecule has 8 heteroatoms. The number of aliphatic hydroxyl groups excluding tert-OH is 1. The highest BCUT2D eigenvalue weighted by Gasteiger charge is 2.11. The van der Waals surface area contributed by atoms with Crippen molar-refractivity contribution in [2.24, 2.45) is 5.10 Å². The van der Waals surface area contributed by atoms with E-state index >= 15 is 0 Å². The number of hydrogen-bond acceptors (Lipinski definition) is 8. The molecule has 1 heterocycles. The summed E-state index contributed by atoms with van der Waals surface area (Å²) in [6.45, 7) is 1.92. The normalized spacial score (nSPS) is 12.4. The highest BCUT2D eigenvalue weighted by atomic mass is 32.2. The second-order valence-electron chi connectivity index (χ2n) is 6.08. The molecule has 146 valence electrons. The molecule has 7 nitrogen and oxygen atoms in total. The van der Waals surface area contributed by atoms with Gasteiger partial charge in [-0.05, 0) is 31.2 Å². The number of phenolic OH excluding ortho intramolecular Hbond substituents is 2. The van der Waals surface area contributed by atoms with Crippen molar-refractivity contribution in [2.45, 2.75) is 18.0 Å². The number of aromatic nitrogens is 1. The number of aliphatic hydroxyl groups is 1. The van der Waals surface area contributed by atoms with Crippen LogP contribution in [0.4, 0.5) is 0 Å². The van der Waals surface area contributed by atoms with Crippen LogP contribution in [0.5, 0.6) is 17.2 Å². The molecule has 1 aromatic heterocycles. The fourth-order valence-corrected chi connectivity index (χ4v) is 3.62. The summed E-state index contributed by atoms with van der Waals surface area (Å²) in [5, 5.41) is 34.1. The van der Waals surface area contributed by atoms with Crippen molar-refractivity contribution in [3.8, 4) is 17.2 Å². The van der Waals surface area contributed by atoms with Gasteiger partial charge < -0.3 is 20.1 Å². The van der Waals surface area contributed by atoms with Crippen molar-refractivity contribution in [2.75, 3.05) is 12.9 Å². The number of nitrogens with one attached hydrogen (secondary N) is 1. The Labute approximate surface area is 166 Å². The Hall–Kier alpha value is -2.97. The fraction of sp³-hybridized carbons (Fsp3) is 0.200. The fourth-order valence-electron chi connectivity index (χ4n) is 2.64. The van der Waals surface area contributed by atoms with Crippen LogP contribution in [0.3, 0.4) is 0 Å². The first-order valence-corrected chi connectivity index (χ1v) is 9.52. The van der Waals surface area contributed by atoms with E-state index in [0.29, 0.717) is 17.1 Å². The number of fused-ring (bicyclic) bond motifs is 1. The van der Waals surface area contributed by atoms with Gasteiger partial charge in [-0.1, -0.05) is 12.1 Å². The minimum Gasteiger partial charge on any atom is -0.508 e. The van der Waals surface area contributed by atoms with E-state index in [1.165, 1.54) is 36.2 Å². The largest absolute Gasteiger partial charge is 0.508 e. The lowest BCUT2D eigenvalue weighted by Crippen LogP contribution is -2.26. The highest BCUT2D eigenvalue weighted by Crippen LogP contribution is 2.32. The number of rotatable bonds is 7. The summed E-state index contributed by atoms with van der Waals surface area (Å²) in [6, 6.07) is 11.9. The van der Waals surface area contributed by atoms with Crippen molar-refractivity contribution in [3.63, 3.8) is 0 Å². The van der Waals surface area contributed by atoms with Crippen molar-refractivity contribution in [3.05, 3.63) is 53.7 Å². The van der Waals surface area contributed by atoms with Gasteiger partial charge in [0.05, 0.1) is 13.3 Å². The Balaban J connectivity index is 1.66. The molecule has 3 aromatic rings. The van der Waals surface area contributed by atoms with Crippen LogP contribution in [0, 0.1) is 6.92 Å². The Morgan fingerprint density at radius 1 is 1.25 bits per heavy atom. The number of ether oxygens (including phenoxy) is 1. The van der Waals surface area contributed by atoms with Crippen LogP contribution in [0.15, 0.2) is 52.5 Å². The lowest BCUT2D eigenvalue weighted by atomic mass is 10.2. The minimum atomic E-state index is -0.894. The molecule has 0 saturated heterocycles. The summed E-state index contributed by atoms with van der Waals surface area (Å²) in [7, 11) is 1.61. The lowest BCUT2D eigenvalue weighted by Gasteiger charge is -2.13. The second kappa shape index (κ2) is 8.81. The molecule has 1 unspecified atom stereocenters. The first-order chi connectivity index (χ1) is 13.5. The maximum absolute atomic E-state index is 10.2. The summed E-state index contributed by atoms with van der Waals surface area (Å²) in [5.74, 6) is 0.937. The molecule has 3 rings (SSSR count).